The summed E-state index contributed by atoms with van der Waals surface area (Å²) in [5, 5.41) is 6.65. The van der Waals surface area contributed by atoms with E-state index in [9.17, 15) is 4.79 Å². The molecule has 2 unspecified atom stereocenters. The van der Waals surface area contributed by atoms with Crippen LogP contribution in [0.1, 0.15) is 30.9 Å². The van der Waals surface area contributed by atoms with Gasteiger partial charge in [0, 0.05) is 18.5 Å². The fourth-order valence-corrected chi connectivity index (χ4v) is 3.37. The monoisotopic (exact) mass is 272 g/mol. The number of benzene rings is 1. The summed E-state index contributed by atoms with van der Waals surface area (Å²) in [5.41, 5.74) is 2.70. The Morgan fingerprint density at radius 3 is 2.55 bits per heavy atom. The van der Waals surface area contributed by atoms with Crippen LogP contribution >= 0.6 is 0 Å². The number of carbonyl (C=O) groups excluding carboxylic acids is 1. The zero-order valence-electron chi connectivity index (χ0n) is 12.2. The highest BCUT2D eigenvalue weighted by atomic mass is 16.1. The quantitative estimate of drug-likeness (QED) is 0.882. The van der Waals surface area contributed by atoms with Gasteiger partial charge in [-0.1, -0.05) is 24.3 Å². The minimum atomic E-state index is 0.142. The van der Waals surface area contributed by atoms with Gasteiger partial charge in [-0.25, -0.2) is 0 Å². The summed E-state index contributed by atoms with van der Waals surface area (Å²) < 4.78 is 0. The number of fused-ring (bicyclic) bond motifs is 1. The van der Waals surface area contributed by atoms with Gasteiger partial charge >= 0.3 is 0 Å². The normalized spacial score (nSPS) is 26.2. The molecule has 1 saturated heterocycles. The predicted octanol–water partition coefficient (Wildman–Crippen LogP) is 1.91. The molecule has 1 heterocycles. The summed E-state index contributed by atoms with van der Waals surface area (Å²) in [6, 6.07) is 9.05. The molecule has 0 spiro atoms. The van der Waals surface area contributed by atoms with Crippen LogP contribution in [0.4, 0.5) is 0 Å². The summed E-state index contributed by atoms with van der Waals surface area (Å²) in [7, 11) is 0. The Balaban J connectivity index is 1.47. The lowest BCUT2D eigenvalue weighted by Crippen LogP contribution is -2.43. The molecule has 0 aromatic heterocycles. The van der Waals surface area contributed by atoms with Crippen LogP contribution in [0.15, 0.2) is 24.3 Å². The zero-order chi connectivity index (χ0) is 13.9. The number of rotatable bonds is 3. The van der Waals surface area contributed by atoms with E-state index in [1.165, 1.54) is 24.0 Å². The highest BCUT2D eigenvalue weighted by Crippen LogP contribution is 2.26. The molecule has 0 saturated carbocycles. The lowest BCUT2D eigenvalue weighted by atomic mass is 9.95. The van der Waals surface area contributed by atoms with Gasteiger partial charge in [0.1, 0.15) is 0 Å². The van der Waals surface area contributed by atoms with Gasteiger partial charge in [0.05, 0.1) is 0 Å². The number of carbonyl (C=O) groups is 1. The van der Waals surface area contributed by atoms with E-state index in [4.69, 9.17) is 0 Å². The van der Waals surface area contributed by atoms with Gasteiger partial charge in [0.15, 0.2) is 0 Å². The van der Waals surface area contributed by atoms with E-state index in [-0.39, 0.29) is 11.8 Å². The van der Waals surface area contributed by atoms with E-state index < -0.39 is 0 Å². The molecule has 108 valence electrons. The average Bonchev–Trinajstić information content (AvgIpc) is 2.90. The second-order valence-electron chi connectivity index (χ2n) is 6.37. The Morgan fingerprint density at radius 2 is 1.95 bits per heavy atom. The van der Waals surface area contributed by atoms with Crippen LogP contribution in [0.3, 0.4) is 0 Å². The summed E-state index contributed by atoms with van der Waals surface area (Å²) in [4.78, 5) is 12.3. The Labute approximate surface area is 121 Å². The van der Waals surface area contributed by atoms with Crippen molar-refractivity contribution in [2.45, 2.75) is 38.6 Å². The van der Waals surface area contributed by atoms with Gasteiger partial charge in [0.25, 0.3) is 0 Å². The number of piperidine rings is 1. The molecule has 2 aliphatic rings. The van der Waals surface area contributed by atoms with E-state index in [0.29, 0.717) is 12.0 Å². The third-order valence-corrected chi connectivity index (χ3v) is 4.75. The first-order chi connectivity index (χ1) is 9.72. The van der Waals surface area contributed by atoms with Crippen LogP contribution in [0.2, 0.25) is 0 Å². The average molecular weight is 272 g/mol. The molecule has 0 radical (unpaired) electrons. The van der Waals surface area contributed by atoms with E-state index >= 15 is 0 Å². The summed E-state index contributed by atoms with van der Waals surface area (Å²) in [5.74, 6) is 0.974. The van der Waals surface area contributed by atoms with Crippen LogP contribution in [-0.2, 0) is 17.6 Å². The van der Waals surface area contributed by atoms with Crippen molar-refractivity contribution in [1.82, 2.24) is 10.6 Å². The molecule has 2 N–H and O–H groups in total. The van der Waals surface area contributed by atoms with Gasteiger partial charge in [0.2, 0.25) is 5.91 Å². The van der Waals surface area contributed by atoms with E-state index in [2.05, 4.69) is 41.8 Å². The number of nitrogens with one attached hydrogen (secondary N) is 2. The molecular weight excluding hydrogens is 248 g/mol. The fourth-order valence-electron chi connectivity index (χ4n) is 3.37. The Bertz CT molecular complexity index is 453. The van der Waals surface area contributed by atoms with Gasteiger partial charge in [-0.05, 0) is 56.2 Å². The van der Waals surface area contributed by atoms with E-state index in [0.717, 1.165) is 25.9 Å². The summed E-state index contributed by atoms with van der Waals surface area (Å²) >= 11 is 0. The van der Waals surface area contributed by atoms with Crippen LogP contribution in [0.5, 0.6) is 0 Å². The molecule has 3 rings (SSSR count). The molecule has 2 atom stereocenters. The van der Waals surface area contributed by atoms with Crippen LogP contribution in [0, 0.1) is 11.8 Å². The van der Waals surface area contributed by atoms with E-state index in [1.807, 2.05) is 0 Å². The topological polar surface area (TPSA) is 41.1 Å². The highest BCUT2D eigenvalue weighted by molar-refractivity contribution is 5.80. The van der Waals surface area contributed by atoms with Crippen molar-refractivity contribution < 1.29 is 4.79 Å². The minimum Gasteiger partial charge on any atom is -0.356 e. The maximum atomic E-state index is 12.3. The molecule has 1 fully saturated rings. The first-order valence-electron chi connectivity index (χ1n) is 7.80. The van der Waals surface area contributed by atoms with Gasteiger partial charge < -0.3 is 10.6 Å². The molecule has 1 aromatic carbocycles. The van der Waals surface area contributed by atoms with Crippen molar-refractivity contribution in [3.63, 3.8) is 0 Å². The molecular formula is C17H24N2O. The predicted molar refractivity (Wildman–Crippen MR) is 80.5 cm³/mol. The lowest BCUT2D eigenvalue weighted by Gasteiger charge is -2.28. The molecule has 1 aliphatic carbocycles. The first-order valence-corrected chi connectivity index (χ1v) is 7.80. The Kier molecular flexibility index (Phi) is 4.06. The molecule has 3 heteroatoms. The van der Waals surface area contributed by atoms with Crippen molar-refractivity contribution >= 4 is 5.91 Å². The van der Waals surface area contributed by atoms with Crippen molar-refractivity contribution in [3.05, 3.63) is 35.4 Å². The standard InChI is InChI=1S/C17H24N2O/c1-12-6-7-13(10-18-12)11-19-17(20)16-8-14-4-2-3-5-15(14)9-16/h2-5,12-13,16,18H,6-11H2,1H3,(H,19,20). The number of hydrogen-bond donors (Lipinski definition) is 2. The third kappa shape index (κ3) is 3.04. The molecule has 20 heavy (non-hydrogen) atoms. The SMILES string of the molecule is CC1CCC(CNC(=O)C2Cc3ccccc3C2)CN1. The van der Waals surface area contributed by atoms with E-state index in [1.54, 1.807) is 0 Å². The second-order valence-corrected chi connectivity index (χ2v) is 6.37. The second kappa shape index (κ2) is 5.96. The lowest BCUT2D eigenvalue weighted by molar-refractivity contribution is -0.124. The van der Waals surface area contributed by atoms with Crippen molar-refractivity contribution in [2.24, 2.45) is 11.8 Å². The van der Waals surface area contributed by atoms with Crippen LogP contribution < -0.4 is 10.6 Å². The molecule has 0 bridgehead atoms. The first kappa shape index (κ1) is 13.6. The zero-order valence-corrected chi connectivity index (χ0v) is 12.2. The molecule has 1 aliphatic heterocycles. The van der Waals surface area contributed by atoms with Crippen LogP contribution in [0.25, 0.3) is 0 Å². The van der Waals surface area contributed by atoms with Crippen molar-refractivity contribution in [3.8, 4) is 0 Å². The Hall–Kier alpha value is -1.35. The maximum Gasteiger partial charge on any atom is 0.223 e. The van der Waals surface area contributed by atoms with Gasteiger partial charge in [-0.2, -0.15) is 0 Å². The third-order valence-electron chi connectivity index (χ3n) is 4.75. The summed E-state index contributed by atoms with van der Waals surface area (Å²) in [6.07, 6.45) is 4.25. The summed E-state index contributed by atoms with van der Waals surface area (Å²) in [6.45, 7) is 4.09. The minimum absolute atomic E-state index is 0.142. The number of hydrogen-bond acceptors (Lipinski definition) is 2. The Morgan fingerprint density at radius 1 is 1.25 bits per heavy atom. The largest absolute Gasteiger partial charge is 0.356 e. The molecule has 3 nitrogen and oxygen atoms in total. The van der Waals surface area contributed by atoms with Crippen molar-refractivity contribution in [1.29, 1.82) is 0 Å². The molecule has 1 aromatic rings. The molecule has 1 amide bonds. The maximum absolute atomic E-state index is 12.3. The fraction of sp³-hybridized carbons (Fsp3) is 0.588. The smallest absolute Gasteiger partial charge is 0.223 e. The van der Waals surface area contributed by atoms with Crippen LogP contribution in [-0.4, -0.2) is 25.0 Å². The van der Waals surface area contributed by atoms with Crippen molar-refractivity contribution in [2.75, 3.05) is 13.1 Å². The number of amides is 1. The van der Waals surface area contributed by atoms with Gasteiger partial charge in [-0.15, -0.1) is 0 Å². The highest BCUT2D eigenvalue weighted by Gasteiger charge is 2.27. The van der Waals surface area contributed by atoms with Gasteiger partial charge in [-0.3, -0.25) is 4.79 Å².